The lowest BCUT2D eigenvalue weighted by atomic mass is 10.0. The smallest absolute Gasteiger partial charge is 0.269 e. The molecule has 140 valence electrons. The van der Waals surface area contributed by atoms with Gasteiger partial charge in [0.1, 0.15) is 12.4 Å². The lowest BCUT2D eigenvalue weighted by Crippen LogP contribution is -1.97. The highest BCUT2D eigenvalue weighted by Crippen LogP contribution is 2.26. The van der Waals surface area contributed by atoms with Crippen molar-refractivity contribution in [2.24, 2.45) is 0 Å². The number of hydrogen-bond donors (Lipinski definition) is 0. The molecule has 29 heavy (non-hydrogen) atoms. The standard InChI is InChI=1S/C23H15N3O3/c24-14-17-5-9-19(10-6-17)21(15-25)13-20-3-1-2-4-23(20)29-16-18-7-11-22(12-8-18)26(27)28/h1-13H,16H2/b21-13+. The van der Waals surface area contributed by atoms with Gasteiger partial charge < -0.3 is 4.74 Å². The van der Waals surface area contributed by atoms with E-state index in [9.17, 15) is 15.4 Å². The molecule has 0 aromatic heterocycles. The predicted octanol–water partition coefficient (Wildman–Crippen LogP) is 5.11. The molecule has 0 heterocycles. The maximum atomic E-state index is 10.7. The van der Waals surface area contributed by atoms with Gasteiger partial charge in [-0.1, -0.05) is 30.3 Å². The van der Waals surface area contributed by atoms with E-state index in [1.807, 2.05) is 18.2 Å². The summed E-state index contributed by atoms with van der Waals surface area (Å²) in [4.78, 5) is 10.3. The summed E-state index contributed by atoms with van der Waals surface area (Å²) < 4.78 is 5.87. The first-order valence-electron chi connectivity index (χ1n) is 8.68. The first-order chi connectivity index (χ1) is 14.1. The van der Waals surface area contributed by atoms with Crippen LogP contribution in [-0.4, -0.2) is 4.92 Å². The second kappa shape index (κ2) is 8.98. The molecule has 0 N–H and O–H groups in total. The van der Waals surface area contributed by atoms with Gasteiger partial charge in [-0.2, -0.15) is 10.5 Å². The molecule has 0 spiro atoms. The fourth-order valence-corrected chi connectivity index (χ4v) is 2.67. The van der Waals surface area contributed by atoms with E-state index in [0.29, 0.717) is 22.4 Å². The van der Waals surface area contributed by atoms with Crippen LogP contribution in [0, 0.1) is 32.8 Å². The van der Waals surface area contributed by atoms with Crippen LogP contribution in [0.3, 0.4) is 0 Å². The third-order valence-corrected chi connectivity index (χ3v) is 4.21. The van der Waals surface area contributed by atoms with Crippen molar-refractivity contribution in [3.8, 4) is 17.9 Å². The van der Waals surface area contributed by atoms with Crippen LogP contribution in [0.4, 0.5) is 5.69 Å². The van der Waals surface area contributed by atoms with E-state index in [1.165, 1.54) is 12.1 Å². The van der Waals surface area contributed by atoms with Crippen LogP contribution in [0.2, 0.25) is 0 Å². The first-order valence-corrected chi connectivity index (χ1v) is 8.68. The zero-order valence-electron chi connectivity index (χ0n) is 15.3. The molecule has 6 nitrogen and oxygen atoms in total. The number of ether oxygens (including phenoxy) is 1. The van der Waals surface area contributed by atoms with Crippen LogP contribution in [-0.2, 0) is 6.61 Å². The summed E-state index contributed by atoms with van der Waals surface area (Å²) in [7, 11) is 0. The number of benzene rings is 3. The Morgan fingerprint density at radius 1 is 1.00 bits per heavy atom. The minimum absolute atomic E-state index is 0.0261. The number of hydrogen-bond acceptors (Lipinski definition) is 5. The molecule has 6 heteroatoms. The van der Waals surface area contributed by atoms with Gasteiger partial charge in [-0.25, -0.2) is 0 Å². The number of para-hydroxylation sites is 1. The van der Waals surface area contributed by atoms with E-state index >= 15 is 0 Å². The van der Waals surface area contributed by atoms with Crippen molar-refractivity contribution >= 4 is 17.3 Å². The highest BCUT2D eigenvalue weighted by atomic mass is 16.6. The summed E-state index contributed by atoms with van der Waals surface area (Å²) >= 11 is 0. The first kappa shape index (κ1) is 19.3. The van der Waals surface area contributed by atoms with Gasteiger partial charge in [-0.05, 0) is 47.5 Å². The molecule has 0 atom stereocenters. The Hall–Kier alpha value is -4.42. The van der Waals surface area contributed by atoms with E-state index in [0.717, 1.165) is 11.1 Å². The Morgan fingerprint density at radius 2 is 1.69 bits per heavy atom. The Morgan fingerprint density at radius 3 is 2.31 bits per heavy atom. The number of allylic oxidation sites excluding steroid dienone is 1. The van der Waals surface area contributed by atoms with E-state index in [2.05, 4.69) is 12.1 Å². The molecule has 0 amide bonds. The number of rotatable bonds is 6. The third kappa shape index (κ3) is 4.85. The van der Waals surface area contributed by atoms with Crippen molar-refractivity contribution in [1.82, 2.24) is 0 Å². The molecule has 0 saturated heterocycles. The quantitative estimate of drug-likeness (QED) is 0.256. The SMILES string of the molecule is N#C/C(=C\c1ccccc1OCc1ccc([N+](=O)[O-])cc1)c1ccc(C#N)cc1. The summed E-state index contributed by atoms with van der Waals surface area (Å²) in [6, 6.07) is 24.5. The van der Waals surface area contributed by atoms with Crippen molar-refractivity contribution in [1.29, 1.82) is 10.5 Å². The molecule has 0 saturated carbocycles. The van der Waals surface area contributed by atoms with E-state index in [4.69, 9.17) is 10.00 Å². The van der Waals surface area contributed by atoms with Gasteiger partial charge in [0, 0.05) is 17.7 Å². The fourth-order valence-electron chi connectivity index (χ4n) is 2.67. The van der Waals surface area contributed by atoms with Crippen molar-refractivity contribution in [2.75, 3.05) is 0 Å². The topological polar surface area (TPSA) is 99.9 Å². The molecule has 0 fully saturated rings. The molecule has 0 unspecified atom stereocenters. The normalized spacial score (nSPS) is 10.6. The van der Waals surface area contributed by atoms with Crippen molar-refractivity contribution < 1.29 is 9.66 Å². The molecule has 0 aliphatic carbocycles. The zero-order valence-corrected chi connectivity index (χ0v) is 15.3. The van der Waals surface area contributed by atoms with Gasteiger partial charge in [0.25, 0.3) is 5.69 Å². The predicted molar refractivity (Wildman–Crippen MR) is 109 cm³/mol. The molecular formula is C23H15N3O3. The average molecular weight is 381 g/mol. The second-order valence-corrected chi connectivity index (χ2v) is 6.11. The molecule has 0 aliphatic rings. The summed E-state index contributed by atoms with van der Waals surface area (Å²) in [5.74, 6) is 0.590. The lowest BCUT2D eigenvalue weighted by molar-refractivity contribution is -0.384. The zero-order chi connectivity index (χ0) is 20.6. The number of nitriles is 2. The summed E-state index contributed by atoms with van der Waals surface area (Å²) in [6.07, 6.45) is 1.73. The Kier molecular flexibility index (Phi) is 5.99. The van der Waals surface area contributed by atoms with Crippen LogP contribution < -0.4 is 4.74 Å². The fraction of sp³-hybridized carbons (Fsp3) is 0.0435. The van der Waals surface area contributed by atoms with Crippen LogP contribution in [0.15, 0.2) is 72.8 Å². The van der Waals surface area contributed by atoms with Crippen LogP contribution in [0.25, 0.3) is 11.6 Å². The molecule has 0 aliphatic heterocycles. The summed E-state index contributed by atoms with van der Waals surface area (Å²) in [5, 5.41) is 29.2. The van der Waals surface area contributed by atoms with E-state index < -0.39 is 4.92 Å². The minimum Gasteiger partial charge on any atom is -0.488 e. The molecule has 3 aromatic rings. The highest BCUT2D eigenvalue weighted by molar-refractivity contribution is 5.90. The maximum Gasteiger partial charge on any atom is 0.269 e. The van der Waals surface area contributed by atoms with Gasteiger partial charge >= 0.3 is 0 Å². The van der Waals surface area contributed by atoms with Gasteiger partial charge in [-0.3, -0.25) is 10.1 Å². The monoisotopic (exact) mass is 381 g/mol. The number of nitrogens with zero attached hydrogens (tertiary/aromatic N) is 3. The van der Waals surface area contributed by atoms with Gasteiger partial charge in [0.2, 0.25) is 0 Å². The largest absolute Gasteiger partial charge is 0.488 e. The minimum atomic E-state index is -0.447. The van der Waals surface area contributed by atoms with Crippen molar-refractivity contribution in [3.63, 3.8) is 0 Å². The van der Waals surface area contributed by atoms with Crippen LogP contribution in [0.5, 0.6) is 5.75 Å². The molecule has 0 bridgehead atoms. The highest BCUT2D eigenvalue weighted by Gasteiger charge is 2.07. The van der Waals surface area contributed by atoms with Gasteiger partial charge in [0.05, 0.1) is 28.2 Å². The van der Waals surface area contributed by atoms with Gasteiger partial charge in [-0.15, -0.1) is 0 Å². The Labute approximate surface area is 167 Å². The van der Waals surface area contributed by atoms with Crippen LogP contribution >= 0.6 is 0 Å². The maximum absolute atomic E-state index is 10.7. The molecular weight excluding hydrogens is 366 g/mol. The Bertz CT molecular complexity index is 1140. The van der Waals surface area contributed by atoms with E-state index in [1.54, 1.807) is 48.5 Å². The number of nitro benzene ring substituents is 1. The number of non-ortho nitro benzene ring substituents is 1. The molecule has 0 radical (unpaired) electrons. The summed E-state index contributed by atoms with van der Waals surface area (Å²) in [6.45, 7) is 0.238. The Balaban J connectivity index is 1.82. The molecule has 3 rings (SSSR count). The van der Waals surface area contributed by atoms with Crippen molar-refractivity contribution in [3.05, 3.63) is 105 Å². The summed E-state index contributed by atoms with van der Waals surface area (Å²) in [5.41, 5.74) is 3.23. The van der Waals surface area contributed by atoms with Gasteiger partial charge in [0.15, 0.2) is 0 Å². The van der Waals surface area contributed by atoms with Crippen LogP contribution in [0.1, 0.15) is 22.3 Å². The molecule has 3 aromatic carbocycles. The second-order valence-electron chi connectivity index (χ2n) is 6.11. The van der Waals surface area contributed by atoms with E-state index in [-0.39, 0.29) is 12.3 Å². The third-order valence-electron chi connectivity index (χ3n) is 4.21. The average Bonchev–Trinajstić information content (AvgIpc) is 2.77. The van der Waals surface area contributed by atoms with Crippen molar-refractivity contribution in [2.45, 2.75) is 6.61 Å². The lowest BCUT2D eigenvalue weighted by Gasteiger charge is -2.10. The number of nitro groups is 1.